The molecule has 1 N–H and O–H groups in total. The van der Waals surface area contributed by atoms with Gasteiger partial charge in [-0.25, -0.2) is 9.37 Å². The molecule has 1 heterocycles. The van der Waals surface area contributed by atoms with Crippen molar-refractivity contribution in [3.63, 3.8) is 0 Å². The van der Waals surface area contributed by atoms with Crippen LogP contribution in [-0.2, 0) is 0 Å². The van der Waals surface area contributed by atoms with E-state index < -0.39 is 10.7 Å². The maximum absolute atomic E-state index is 13.3. The summed E-state index contributed by atoms with van der Waals surface area (Å²) >= 11 is 0. The molecule has 0 aliphatic carbocycles. The number of methoxy groups -OCH3 is 2. The summed E-state index contributed by atoms with van der Waals surface area (Å²) in [5.74, 6) is 0.0883. The Bertz CT molecular complexity index is 1110. The first-order valence-electron chi connectivity index (χ1n) is 7.64. The highest BCUT2D eigenvalue weighted by Crippen LogP contribution is 2.36. The predicted octanol–water partition coefficient (Wildman–Crippen LogP) is 3.69. The summed E-state index contributed by atoms with van der Waals surface area (Å²) in [4.78, 5) is 17.8. The van der Waals surface area contributed by atoms with Crippen LogP contribution in [0.2, 0.25) is 0 Å². The van der Waals surface area contributed by atoms with Crippen molar-refractivity contribution in [1.82, 2.24) is 9.97 Å². The number of aromatic amines is 1. The van der Waals surface area contributed by atoms with Crippen LogP contribution in [0.3, 0.4) is 0 Å². The fraction of sp³-hybridized carbons (Fsp3) is 0.111. The molecule has 0 unspecified atom stereocenters. The number of nitro benzene ring substituents is 1. The van der Waals surface area contributed by atoms with Gasteiger partial charge in [-0.05, 0) is 24.3 Å². The van der Waals surface area contributed by atoms with Crippen LogP contribution in [0.5, 0.6) is 11.5 Å². The van der Waals surface area contributed by atoms with Crippen molar-refractivity contribution in [2.45, 2.75) is 0 Å². The summed E-state index contributed by atoms with van der Waals surface area (Å²) in [6.07, 6.45) is 1.40. The number of fused-ring (bicyclic) bond motifs is 1. The molecule has 0 fully saturated rings. The number of hydrogen-bond donors (Lipinski definition) is 1. The molecule has 3 rings (SSSR count). The molecule has 1 aromatic heterocycles. The molecule has 2 aromatic carbocycles. The maximum Gasteiger partial charge on any atom is 0.311 e. The molecule has 0 spiro atoms. The molecule has 8 nitrogen and oxygen atoms in total. The smallest absolute Gasteiger partial charge is 0.311 e. The lowest BCUT2D eigenvalue weighted by atomic mass is 10.1. The average Bonchev–Trinajstić information content (AvgIpc) is 3.08. The summed E-state index contributed by atoms with van der Waals surface area (Å²) in [6.45, 7) is 0. The molecule has 27 heavy (non-hydrogen) atoms. The van der Waals surface area contributed by atoms with Crippen LogP contribution in [0.4, 0.5) is 10.1 Å². The zero-order valence-electron chi connectivity index (χ0n) is 14.3. The molecule has 0 aliphatic heterocycles. The maximum atomic E-state index is 13.3. The highest BCUT2D eigenvalue weighted by molar-refractivity contribution is 5.91. The van der Waals surface area contributed by atoms with Gasteiger partial charge in [0.15, 0.2) is 0 Å². The number of rotatable bonds is 5. The zero-order chi connectivity index (χ0) is 19.6. The molecule has 0 aliphatic rings. The molecule has 136 valence electrons. The van der Waals surface area contributed by atoms with Gasteiger partial charge in [-0.2, -0.15) is 5.26 Å². The van der Waals surface area contributed by atoms with Crippen molar-refractivity contribution in [1.29, 1.82) is 5.26 Å². The van der Waals surface area contributed by atoms with Crippen LogP contribution in [-0.4, -0.2) is 29.1 Å². The Morgan fingerprint density at radius 1 is 1.30 bits per heavy atom. The third kappa shape index (κ3) is 3.41. The van der Waals surface area contributed by atoms with E-state index >= 15 is 0 Å². The van der Waals surface area contributed by atoms with Gasteiger partial charge in [-0.1, -0.05) is 0 Å². The monoisotopic (exact) mass is 368 g/mol. The van der Waals surface area contributed by atoms with E-state index in [1.165, 1.54) is 50.6 Å². The highest BCUT2D eigenvalue weighted by Gasteiger charge is 2.20. The minimum atomic E-state index is -0.592. The molecular weight excluding hydrogens is 355 g/mol. The zero-order valence-corrected chi connectivity index (χ0v) is 14.3. The summed E-state index contributed by atoms with van der Waals surface area (Å²) in [5, 5.41) is 20.8. The number of ether oxygens (including phenoxy) is 2. The van der Waals surface area contributed by atoms with Crippen LogP contribution in [0, 0.1) is 27.3 Å². The van der Waals surface area contributed by atoms with Gasteiger partial charge in [0.05, 0.1) is 35.7 Å². The van der Waals surface area contributed by atoms with Gasteiger partial charge in [-0.15, -0.1) is 0 Å². The Balaban J connectivity index is 2.15. The number of aromatic nitrogens is 2. The second kappa shape index (κ2) is 7.13. The molecule has 0 atom stereocenters. The lowest BCUT2D eigenvalue weighted by Gasteiger charge is -2.08. The highest BCUT2D eigenvalue weighted by atomic mass is 19.1. The molecule has 3 aromatic rings. The Kier molecular flexibility index (Phi) is 4.72. The number of benzene rings is 2. The Morgan fingerprint density at radius 3 is 2.67 bits per heavy atom. The first kappa shape index (κ1) is 17.9. The minimum Gasteiger partial charge on any atom is -0.496 e. The van der Waals surface area contributed by atoms with Crippen LogP contribution >= 0.6 is 0 Å². The lowest BCUT2D eigenvalue weighted by molar-refractivity contribution is -0.385. The van der Waals surface area contributed by atoms with E-state index in [9.17, 15) is 19.8 Å². The first-order chi connectivity index (χ1) is 13.0. The summed E-state index contributed by atoms with van der Waals surface area (Å²) in [6, 6.07) is 8.61. The van der Waals surface area contributed by atoms with Crippen molar-refractivity contribution in [3.8, 4) is 17.6 Å². The third-order valence-electron chi connectivity index (χ3n) is 3.85. The standard InChI is InChI=1S/C18H13FN4O4/c1-26-16-8-17(27-2)15(23(24)25)6-10(16)5-11(9-20)18-21-13-4-3-12(19)7-14(13)22-18/h3-8H,1-2H3,(H,21,22)/b11-5-. The Labute approximate surface area is 152 Å². The van der Waals surface area contributed by atoms with Gasteiger partial charge in [0, 0.05) is 17.7 Å². The van der Waals surface area contributed by atoms with Gasteiger partial charge >= 0.3 is 5.69 Å². The number of allylic oxidation sites excluding steroid dienone is 1. The number of H-pyrrole nitrogens is 1. The average molecular weight is 368 g/mol. The van der Waals surface area contributed by atoms with Gasteiger partial charge in [-0.3, -0.25) is 10.1 Å². The van der Waals surface area contributed by atoms with Crippen molar-refractivity contribution in [3.05, 3.63) is 57.7 Å². The largest absolute Gasteiger partial charge is 0.496 e. The van der Waals surface area contributed by atoms with E-state index in [1.54, 1.807) is 0 Å². The van der Waals surface area contributed by atoms with Crippen molar-refractivity contribution < 1.29 is 18.8 Å². The quantitative estimate of drug-likeness (QED) is 0.417. The molecule has 0 saturated carbocycles. The topological polar surface area (TPSA) is 114 Å². The molecule has 0 radical (unpaired) electrons. The predicted molar refractivity (Wildman–Crippen MR) is 95.7 cm³/mol. The number of nitrogens with one attached hydrogen (secondary N) is 1. The summed E-state index contributed by atoms with van der Waals surface area (Å²) in [5.41, 5.74) is 1.05. The van der Waals surface area contributed by atoms with Crippen LogP contribution < -0.4 is 9.47 Å². The van der Waals surface area contributed by atoms with Crippen molar-refractivity contribution >= 4 is 28.4 Å². The summed E-state index contributed by atoms with van der Waals surface area (Å²) < 4.78 is 23.6. The summed E-state index contributed by atoms with van der Waals surface area (Å²) in [7, 11) is 2.71. The van der Waals surface area contributed by atoms with E-state index in [-0.39, 0.29) is 28.6 Å². The second-order valence-corrected chi connectivity index (χ2v) is 5.44. The minimum absolute atomic E-state index is 0.0340. The Hall–Kier alpha value is -3.93. The fourth-order valence-corrected chi connectivity index (χ4v) is 2.58. The number of nitrogens with zero attached hydrogens (tertiary/aromatic N) is 3. The molecule has 9 heteroatoms. The van der Waals surface area contributed by atoms with E-state index in [0.29, 0.717) is 16.6 Å². The van der Waals surface area contributed by atoms with Gasteiger partial charge in [0.2, 0.25) is 5.75 Å². The number of imidazole rings is 1. The van der Waals surface area contributed by atoms with Crippen LogP contribution in [0.25, 0.3) is 22.7 Å². The number of nitriles is 1. The van der Waals surface area contributed by atoms with Gasteiger partial charge < -0.3 is 14.5 Å². The molecule has 0 amide bonds. The Morgan fingerprint density at radius 2 is 2.04 bits per heavy atom. The first-order valence-corrected chi connectivity index (χ1v) is 7.64. The van der Waals surface area contributed by atoms with E-state index in [2.05, 4.69) is 9.97 Å². The fourth-order valence-electron chi connectivity index (χ4n) is 2.58. The van der Waals surface area contributed by atoms with E-state index in [0.717, 1.165) is 0 Å². The lowest BCUT2D eigenvalue weighted by Crippen LogP contribution is -1.97. The molecular formula is C18H13FN4O4. The number of hydrogen-bond acceptors (Lipinski definition) is 6. The van der Waals surface area contributed by atoms with E-state index in [4.69, 9.17) is 9.47 Å². The van der Waals surface area contributed by atoms with Crippen molar-refractivity contribution in [2.24, 2.45) is 0 Å². The normalized spacial score (nSPS) is 11.3. The SMILES string of the molecule is COc1cc(OC)c([N+](=O)[O-])cc1/C=C(/C#N)c1nc2ccc(F)cc2[nH]1. The van der Waals surface area contributed by atoms with Gasteiger partial charge in [0.25, 0.3) is 0 Å². The van der Waals surface area contributed by atoms with Gasteiger partial charge in [0.1, 0.15) is 23.5 Å². The van der Waals surface area contributed by atoms with Crippen molar-refractivity contribution in [2.75, 3.05) is 14.2 Å². The van der Waals surface area contributed by atoms with Crippen LogP contribution in [0.1, 0.15) is 11.4 Å². The molecule has 0 saturated heterocycles. The number of nitro groups is 1. The molecule has 0 bridgehead atoms. The van der Waals surface area contributed by atoms with Crippen LogP contribution in [0.15, 0.2) is 30.3 Å². The second-order valence-electron chi connectivity index (χ2n) is 5.44. The number of halogens is 1. The third-order valence-corrected chi connectivity index (χ3v) is 3.85. The van der Waals surface area contributed by atoms with E-state index in [1.807, 2.05) is 6.07 Å².